The predicted molar refractivity (Wildman–Crippen MR) is 42.4 cm³/mol. The maximum absolute atomic E-state index is 5.10. The minimum Gasteiger partial charge on any atom is -0.379 e. The topological polar surface area (TPSA) is 61.3 Å². The molecule has 0 aliphatic heterocycles. The van der Waals surface area contributed by atoms with Crippen LogP contribution in [-0.4, -0.2) is 26.3 Å². The minimum absolute atomic E-state index is 0. The number of nitrogens with two attached hydrogens (primary N) is 2. The van der Waals surface area contributed by atoms with Crippen molar-refractivity contribution in [3.05, 3.63) is 0 Å². The smallest absolute Gasteiger partial charge is 0.0589 e. The number of hydrogen-bond acceptors (Lipinski definition) is 3. The van der Waals surface area contributed by atoms with E-state index >= 15 is 0 Å². The lowest BCUT2D eigenvalue weighted by Crippen LogP contribution is -2.13. The standard InChI is InChI=1S/C4H12N2O.2CH4/c5-1-3-7-4-2-6;;/h1-6H2;2*1H4. The average molecular weight is 136 g/mol. The average Bonchev–Trinajstić information content (AvgIpc) is 1.69. The highest BCUT2D eigenvalue weighted by Gasteiger charge is 1.77. The molecule has 0 spiro atoms. The first kappa shape index (κ1) is 15.9. The number of ether oxygens (including phenoxy) is 1. The van der Waals surface area contributed by atoms with Crippen molar-refractivity contribution in [3.8, 4) is 0 Å². The molecule has 0 rings (SSSR count). The van der Waals surface area contributed by atoms with E-state index in [4.69, 9.17) is 16.2 Å². The summed E-state index contributed by atoms with van der Waals surface area (Å²) in [5.41, 5.74) is 10.2. The van der Waals surface area contributed by atoms with Crippen LogP contribution < -0.4 is 11.5 Å². The van der Waals surface area contributed by atoms with Crippen LogP contribution in [0.25, 0.3) is 0 Å². The Bertz CT molecular complexity index is 30.2. The van der Waals surface area contributed by atoms with Gasteiger partial charge in [-0.1, -0.05) is 14.9 Å². The molecule has 0 aliphatic carbocycles. The Labute approximate surface area is 58.4 Å². The van der Waals surface area contributed by atoms with E-state index in [9.17, 15) is 0 Å². The van der Waals surface area contributed by atoms with Crippen molar-refractivity contribution in [2.45, 2.75) is 14.9 Å². The van der Waals surface area contributed by atoms with Crippen molar-refractivity contribution in [2.75, 3.05) is 26.3 Å². The first-order valence-corrected chi connectivity index (χ1v) is 2.39. The third-order valence-corrected chi connectivity index (χ3v) is 0.524. The van der Waals surface area contributed by atoms with Crippen LogP contribution >= 0.6 is 0 Å². The Morgan fingerprint density at radius 1 is 0.889 bits per heavy atom. The first-order chi connectivity index (χ1) is 3.41. The molecule has 0 atom stereocenters. The predicted octanol–water partition coefficient (Wildman–Crippen LogP) is 0.193. The highest BCUT2D eigenvalue weighted by Crippen LogP contribution is 1.65. The van der Waals surface area contributed by atoms with Gasteiger partial charge in [0.15, 0.2) is 0 Å². The van der Waals surface area contributed by atoms with E-state index in [-0.39, 0.29) is 14.9 Å². The Morgan fingerprint density at radius 2 is 1.22 bits per heavy atom. The molecule has 0 aromatic carbocycles. The van der Waals surface area contributed by atoms with Crippen LogP contribution in [0.5, 0.6) is 0 Å². The van der Waals surface area contributed by atoms with Gasteiger partial charge in [0.05, 0.1) is 13.2 Å². The second-order valence-electron chi connectivity index (χ2n) is 1.19. The third-order valence-electron chi connectivity index (χ3n) is 0.524. The number of rotatable bonds is 4. The van der Waals surface area contributed by atoms with E-state index in [1.165, 1.54) is 0 Å². The van der Waals surface area contributed by atoms with Crippen molar-refractivity contribution in [2.24, 2.45) is 11.5 Å². The van der Waals surface area contributed by atoms with E-state index in [1.54, 1.807) is 0 Å². The van der Waals surface area contributed by atoms with Gasteiger partial charge >= 0.3 is 0 Å². The van der Waals surface area contributed by atoms with Crippen molar-refractivity contribution in [1.29, 1.82) is 0 Å². The van der Waals surface area contributed by atoms with Gasteiger partial charge in [-0.25, -0.2) is 0 Å². The van der Waals surface area contributed by atoms with Crippen LogP contribution in [0.4, 0.5) is 0 Å². The molecule has 3 nitrogen and oxygen atoms in total. The lowest BCUT2D eigenvalue weighted by Gasteiger charge is -1.95. The molecular weight excluding hydrogens is 116 g/mol. The first-order valence-electron chi connectivity index (χ1n) is 2.39. The van der Waals surface area contributed by atoms with Gasteiger partial charge in [0, 0.05) is 13.1 Å². The molecule has 0 amide bonds. The molecular formula is C6H20N2O. The molecule has 0 bridgehead atoms. The summed E-state index contributed by atoms with van der Waals surface area (Å²) in [6.45, 7) is 2.41. The second kappa shape index (κ2) is 15.7. The van der Waals surface area contributed by atoms with Gasteiger partial charge < -0.3 is 16.2 Å². The summed E-state index contributed by atoms with van der Waals surface area (Å²) in [5, 5.41) is 0. The highest BCUT2D eigenvalue weighted by molar-refractivity contribution is 4.31. The minimum atomic E-state index is 0. The molecule has 9 heavy (non-hydrogen) atoms. The highest BCUT2D eigenvalue weighted by atomic mass is 16.5. The monoisotopic (exact) mass is 136 g/mol. The van der Waals surface area contributed by atoms with Gasteiger partial charge in [-0.2, -0.15) is 0 Å². The molecule has 0 aliphatic rings. The van der Waals surface area contributed by atoms with Gasteiger partial charge in [-0.3, -0.25) is 0 Å². The van der Waals surface area contributed by atoms with Crippen molar-refractivity contribution >= 4 is 0 Å². The van der Waals surface area contributed by atoms with Crippen LogP contribution in [0.2, 0.25) is 0 Å². The second-order valence-corrected chi connectivity index (χ2v) is 1.19. The molecule has 0 radical (unpaired) electrons. The maximum Gasteiger partial charge on any atom is 0.0589 e. The summed E-state index contributed by atoms with van der Waals surface area (Å²) in [7, 11) is 0. The summed E-state index contributed by atoms with van der Waals surface area (Å²) in [5.74, 6) is 0. The van der Waals surface area contributed by atoms with E-state index in [1.807, 2.05) is 0 Å². The van der Waals surface area contributed by atoms with Crippen molar-refractivity contribution in [1.82, 2.24) is 0 Å². The SMILES string of the molecule is C.C.NCCOCCN. The molecule has 0 aromatic rings. The number of hydrogen-bond donors (Lipinski definition) is 2. The van der Waals surface area contributed by atoms with E-state index in [0.717, 1.165) is 0 Å². The molecule has 3 heteroatoms. The van der Waals surface area contributed by atoms with Gasteiger partial charge in [0.1, 0.15) is 0 Å². The summed E-state index contributed by atoms with van der Waals surface area (Å²) in [4.78, 5) is 0. The zero-order chi connectivity index (χ0) is 5.54. The summed E-state index contributed by atoms with van der Waals surface area (Å²) >= 11 is 0. The van der Waals surface area contributed by atoms with Gasteiger partial charge in [0.25, 0.3) is 0 Å². The van der Waals surface area contributed by atoms with Crippen molar-refractivity contribution < 1.29 is 4.74 Å². The lowest BCUT2D eigenvalue weighted by molar-refractivity contribution is 0.149. The third kappa shape index (κ3) is 18.1. The van der Waals surface area contributed by atoms with Gasteiger partial charge in [-0.15, -0.1) is 0 Å². The Morgan fingerprint density at radius 3 is 1.44 bits per heavy atom. The van der Waals surface area contributed by atoms with Gasteiger partial charge in [0.2, 0.25) is 0 Å². The van der Waals surface area contributed by atoms with Crippen LogP contribution in [-0.2, 0) is 4.74 Å². The zero-order valence-electron chi connectivity index (χ0n) is 4.39. The molecule has 0 fully saturated rings. The maximum atomic E-state index is 5.10. The van der Waals surface area contributed by atoms with Crippen LogP contribution in [0, 0.1) is 0 Å². The molecule has 0 heterocycles. The van der Waals surface area contributed by atoms with Crippen LogP contribution in [0.3, 0.4) is 0 Å². The van der Waals surface area contributed by atoms with E-state index in [0.29, 0.717) is 26.3 Å². The lowest BCUT2D eigenvalue weighted by atomic mass is 10.7. The normalized spacial score (nSPS) is 7.33. The Balaban J connectivity index is -0.000000180. The molecule has 0 aromatic heterocycles. The summed E-state index contributed by atoms with van der Waals surface area (Å²) in [6, 6.07) is 0. The fourth-order valence-electron chi connectivity index (χ4n) is 0.269. The zero-order valence-corrected chi connectivity index (χ0v) is 4.39. The molecule has 4 N–H and O–H groups in total. The fraction of sp³-hybridized carbons (Fsp3) is 1.00. The summed E-state index contributed by atoms with van der Waals surface area (Å²) in [6.07, 6.45) is 0. The molecule has 0 saturated heterocycles. The largest absolute Gasteiger partial charge is 0.379 e. The van der Waals surface area contributed by atoms with Crippen LogP contribution in [0.1, 0.15) is 14.9 Å². The molecule has 0 unspecified atom stereocenters. The fourth-order valence-corrected chi connectivity index (χ4v) is 0.269. The Hall–Kier alpha value is -0.120. The molecule has 60 valence electrons. The molecule has 0 saturated carbocycles. The van der Waals surface area contributed by atoms with Crippen LogP contribution in [0.15, 0.2) is 0 Å². The van der Waals surface area contributed by atoms with Crippen molar-refractivity contribution in [3.63, 3.8) is 0 Å². The van der Waals surface area contributed by atoms with E-state index in [2.05, 4.69) is 0 Å². The Kier molecular flexibility index (Phi) is 27.8. The quantitative estimate of drug-likeness (QED) is 0.542. The summed E-state index contributed by atoms with van der Waals surface area (Å²) < 4.78 is 4.88. The van der Waals surface area contributed by atoms with Gasteiger partial charge in [-0.05, 0) is 0 Å². The van der Waals surface area contributed by atoms with E-state index < -0.39 is 0 Å².